The van der Waals surface area contributed by atoms with E-state index in [2.05, 4.69) is 5.32 Å². The second kappa shape index (κ2) is 18.7. The Morgan fingerprint density at radius 1 is 1.02 bits per heavy atom. The Labute approximate surface area is 304 Å². The van der Waals surface area contributed by atoms with Crippen LogP contribution in [0.1, 0.15) is 74.2 Å². The maximum absolute atomic E-state index is 13.9. The van der Waals surface area contributed by atoms with Crippen molar-refractivity contribution in [1.82, 2.24) is 5.32 Å². The van der Waals surface area contributed by atoms with Crippen molar-refractivity contribution < 1.29 is 57.1 Å². The zero-order chi connectivity index (χ0) is 37.8. The second-order valence-electron chi connectivity index (χ2n) is 13.2. The molecule has 2 heterocycles. The Morgan fingerprint density at radius 3 is 2.46 bits per heavy atom. The fourth-order valence-corrected chi connectivity index (χ4v) is 5.73. The number of benzene rings is 2. The van der Waals surface area contributed by atoms with Gasteiger partial charge in [0.05, 0.1) is 24.3 Å². The quantitative estimate of drug-likeness (QED) is 0.131. The van der Waals surface area contributed by atoms with Crippen molar-refractivity contribution in [3.63, 3.8) is 0 Å². The summed E-state index contributed by atoms with van der Waals surface area (Å²) in [5.74, 6) is -3.00. The molecule has 2 aliphatic heterocycles. The van der Waals surface area contributed by atoms with Crippen molar-refractivity contribution in [2.75, 3.05) is 33.7 Å². The van der Waals surface area contributed by atoms with Gasteiger partial charge in [0.15, 0.2) is 18.7 Å². The van der Waals surface area contributed by atoms with Crippen LogP contribution in [0.2, 0.25) is 0 Å². The molecule has 1 saturated heterocycles. The molecule has 0 saturated carbocycles. The summed E-state index contributed by atoms with van der Waals surface area (Å²) in [5.41, 5.74) is 1.02. The Hall–Kier alpha value is -4.72. The first-order valence-corrected chi connectivity index (χ1v) is 17.2. The molecule has 0 bridgehead atoms. The number of hydrogen-bond acceptors (Lipinski definition) is 12. The topological polar surface area (TPSA) is 154 Å². The zero-order valence-corrected chi connectivity index (χ0v) is 30.7. The zero-order valence-electron chi connectivity index (χ0n) is 30.7. The Morgan fingerprint density at radius 2 is 1.77 bits per heavy atom. The summed E-state index contributed by atoms with van der Waals surface area (Å²) in [7, 11) is 1.46. The van der Waals surface area contributed by atoms with Gasteiger partial charge in [0, 0.05) is 38.9 Å². The summed E-state index contributed by atoms with van der Waals surface area (Å²) < 4.78 is 46.9. The van der Waals surface area contributed by atoms with Crippen LogP contribution in [0.25, 0.3) is 6.08 Å². The lowest BCUT2D eigenvalue weighted by atomic mass is 9.93. The van der Waals surface area contributed by atoms with Gasteiger partial charge in [0.25, 0.3) is 0 Å². The van der Waals surface area contributed by atoms with Crippen LogP contribution in [0.4, 0.5) is 0 Å². The predicted octanol–water partition coefficient (Wildman–Crippen LogP) is 5.26. The van der Waals surface area contributed by atoms with Crippen LogP contribution in [0.5, 0.6) is 11.5 Å². The SMILES string of the molecule is COCOc1cc(OCC(CNC(C)=O)OC(C)=O)cc2c1C(=O)OC(C)[C@H](C)/C=C\C(COC(=O)c1ccccc1)C1OC(C)(C)OC1C/C=C/2. The van der Waals surface area contributed by atoms with E-state index in [4.69, 9.17) is 37.9 Å². The number of methoxy groups -OCH3 is 1. The minimum atomic E-state index is -0.916. The highest BCUT2D eigenvalue weighted by molar-refractivity contribution is 5.97. The van der Waals surface area contributed by atoms with E-state index in [0.29, 0.717) is 23.3 Å². The van der Waals surface area contributed by atoms with Crippen LogP contribution < -0.4 is 14.8 Å². The number of rotatable bonds is 12. The molecular weight excluding hydrogens is 674 g/mol. The van der Waals surface area contributed by atoms with Crippen molar-refractivity contribution in [3.8, 4) is 11.5 Å². The molecule has 1 N–H and O–H groups in total. The monoisotopic (exact) mass is 723 g/mol. The first-order valence-electron chi connectivity index (χ1n) is 17.2. The van der Waals surface area contributed by atoms with E-state index in [1.165, 1.54) is 27.0 Å². The number of hydrogen-bond donors (Lipinski definition) is 1. The summed E-state index contributed by atoms with van der Waals surface area (Å²) in [6, 6.07) is 11.9. The van der Waals surface area contributed by atoms with E-state index in [1.54, 1.807) is 43.3 Å². The normalized spacial score (nSPS) is 24.4. The van der Waals surface area contributed by atoms with Crippen molar-refractivity contribution >= 4 is 29.9 Å². The smallest absolute Gasteiger partial charge is 0.342 e. The summed E-state index contributed by atoms with van der Waals surface area (Å²) in [6.45, 7) is 9.80. The molecule has 5 unspecified atom stereocenters. The van der Waals surface area contributed by atoms with E-state index >= 15 is 0 Å². The average molecular weight is 724 g/mol. The van der Waals surface area contributed by atoms with Crippen LogP contribution >= 0.6 is 0 Å². The third-order valence-electron chi connectivity index (χ3n) is 8.41. The molecular formula is C39H49NO12. The summed E-state index contributed by atoms with van der Waals surface area (Å²) in [4.78, 5) is 50.0. The molecule has 4 rings (SSSR count). The van der Waals surface area contributed by atoms with Gasteiger partial charge in [0.1, 0.15) is 36.4 Å². The predicted molar refractivity (Wildman–Crippen MR) is 190 cm³/mol. The lowest BCUT2D eigenvalue weighted by Crippen LogP contribution is -2.37. The molecule has 1 amide bonds. The van der Waals surface area contributed by atoms with Gasteiger partial charge in [-0.25, -0.2) is 9.59 Å². The highest BCUT2D eigenvalue weighted by Crippen LogP contribution is 2.37. The fourth-order valence-electron chi connectivity index (χ4n) is 5.73. The van der Waals surface area contributed by atoms with Gasteiger partial charge in [0.2, 0.25) is 5.91 Å². The third kappa shape index (κ3) is 11.7. The van der Waals surface area contributed by atoms with Crippen LogP contribution in [0.3, 0.4) is 0 Å². The van der Waals surface area contributed by atoms with Gasteiger partial charge >= 0.3 is 17.9 Å². The lowest BCUT2D eigenvalue weighted by Gasteiger charge is -2.25. The first-order chi connectivity index (χ1) is 24.8. The number of ether oxygens (including phenoxy) is 8. The fraction of sp³-hybridized carbons (Fsp3) is 0.487. The number of nitrogens with one attached hydrogen (secondary N) is 1. The van der Waals surface area contributed by atoms with E-state index in [-0.39, 0.29) is 55.6 Å². The van der Waals surface area contributed by atoms with Crippen molar-refractivity contribution in [2.24, 2.45) is 11.8 Å². The van der Waals surface area contributed by atoms with E-state index < -0.39 is 48.1 Å². The highest BCUT2D eigenvalue weighted by atomic mass is 16.8. The summed E-state index contributed by atoms with van der Waals surface area (Å²) in [6.07, 6.45) is 5.55. The third-order valence-corrected chi connectivity index (χ3v) is 8.41. The van der Waals surface area contributed by atoms with Crippen LogP contribution in [0, 0.1) is 11.8 Å². The molecule has 13 nitrogen and oxygen atoms in total. The van der Waals surface area contributed by atoms with Gasteiger partial charge < -0.3 is 43.2 Å². The second-order valence-corrected chi connectivity index (χ2v) is 13.2. The van der Waals surface area contributed by atoms with Crippen molar-refractivity contribution in [2.45, 2.75) is 78.2 Å². The van der Waals surface area contributed by atoms with Crippen molar-refractivity contribution in [3.05, 3.63) is 77.4 Å². The number of carbonyl (C=O) groups is 4. The van der Waals surface area contributed by atoms with Crippen LogP contribution in [0.15, 0.2) is 60.7 Å². The molecule has 52 heavy (non-hydrogen) atoms. The van der Waals surface area contributed by atoms with Gasteiger partial charge in [-0.05, 0) is 51.0 Å². The number of esters is 3. The number of fused-ring (bicyclic) bond motifs is 2. The standard InChI is InChI=1S/C39H49NO12/c1-24-16-17-30(21-47-37(43)28-12-9-8-10-13-28)36-33(51-39(5,6)52-36)15-11-14-29-18-31(46-22-32(50-27(4)42)20-40-26(3)41)19-34(48-23-45-7)35(29)38(44)49-25(24)2/h8-14,16-19,24-25,30,32-33,36H,15,20-23H2,1-7H3,(H,40,41)/b14-11+,17-16-/t24-,25?,30?,32?,33?,36?/m1/s1. The molecule has 0 spiro atoms. The van der Waals surface area contributed by atoms with Crippen molar-refractivity contribution in [1.29, 1.82) is 0 Å². The van der Waals surface area contributed by atoms with E-state index in [9.17, 15) is 19.2 Å². The molecule has 6 atom stereocenters. The number of cyclic esters (lactones) is 1. The lowest BCUT2D eigenvalue weighted by molar-refractivity contribution is -0.150. The Bertz CT molecular complexity index is 1600. The number of amides is 1. The minimum Gasteiger partial charge on any atom is -0.489 e. The van der Waals surface area contributed by atoms with Crippen LogP contribution in [-0.4, -0.2) is 87.7 Å². The molecule has 0 aromatic heterocycles. The highest BCUT2D eigenvalue weighted by Gasteiger charge is 2.44. The van der Waals surface area contributed by atoms with Crippen LogP contribution in [-0.2, 0) is 38.0 Å². The average Bonchev–Trinajstić information content (AvgIpc) is 3.41. The molecule has 2 aromatic rings. The van der Waals surface area contributed by atoms with Gasteiger partial charge in [-0.2, -0.15) is 0 Å². The maximum Gasteiger partial charge on any atom is 0.342 e. The van der Waals surface area contributed by atoms with Gasteiger partial charge in [-0.15, -0.1) is 0 Å². The van der Waals surface area contributed by atoms with Gasteiger partial charge in [-0.3, -0.25) is 9.59 Å². The summed E-state index contributed by atoms with van der Waals surface area (Å²) in [5, 5.41) is 2.63. The van der Waals surface area contributed by atoms with E-state index in [0.717, 1.165) is 0 Å². The Kier molecular flexibility index (Phi) is 14.4. The molecule has 2 aromatic carbocycles. The molecule has 282 valence electrons. The molecule has 1 fully saturated rings. The molecule has 0 aliphatic carbocycles. The minimum absolute atomic E-state index is 0.0371. The largest absolute Gasteiger partial charge is 0.489 e. The maximum atomic E-state index is 13.9. The number of carbonyl (C=O) groups excluding carboxylic acids is 4. The molecule has 13 heteroatoms. The molecule has 0 radical (unpaired) electrons. The summed E-state index contributed by atoms with van der Waals surface area (Å²) >= 11 is 0. The van der Waals surface area contributed by atoms with E-state index in [1.807, 2.05) is 45.1 Å². The first kappa shape index (κ1) is 40.1. The molecule has 2 aliphatic rings. The van der Waals surface area contributed by atoms with Gasteiger partial charge in [-0.1, -0.05) is 49.4 Å². The Balaban J connectivity index is 1.69.